The third-order valence-corrected chi connectivity index (χ3v) is 5.57. The highest BCUT2D eigenvalue weighted by Crippen LogP contribution is 2.36. The maximum atomic E-state index is 14.7. The van der Waals surface area contributed by atoms with Gasteiger partial charge >= 0.3 is 0 Å². The molecule has 0 fully saturated rings. The van der Waals surface area contributed by atoms with E-state index in [-0.39, 0.29) is 12.1 Å². The molecule has 0 aliphatic carbocycles. The van der Waals surface area contributed by atoms with E-state index in [1.165, 1.54) is 23.9 Å². The summed E-state index contributed by atoms with van der Waals surface area (Å²) < 4.78 is 36.6. The van der Waals surface area contributed by atoms with Crippen LogP contribution in [0.3, 0.4) is 0 Å². The Balaban J connectivity index is 1.96. The van der Waals surface area contributed by atoms with Crippen LogP contribution in [0.4, 0.5) is 8.78 Å². The predicted molar refractivity (Wildman–Crippen MR) is 111 cm³/mol. The minimum Gasteiger partial charge on any atom is -0.480 e. The predicted octanol–water partition coefficient (Wildman–Crippen LogP) is 5.46. The third kappa shape index (κ3) is 3.46. The number of aryl methyl sites for hydroxylation is 1. The Morgan fingerprint density at radius 3 is 2.41 bits per heavy atom. The fraction of sp³-hybridized carbons (Fsp3) is 0.182. The zero-order valence-electron chi connectivity index (χ0n) is 16.2. The standard InChI is InChI=1S/C22H19F2N3OS/c1-13-26-19-11-25-22(28-2)20(14-7-5-4-6-8-14)21(19)27(13)12-16-17(23)9-15(29-3)10-18(16)24/h4-11H,12H2,1-3H3. The molecular formula is C22H19F2N3OS. The number of fused-ring (bicyclic) bond motifs is 1. The summed E-state index contributed by atoms with van der Waals surface area (Å²) in [4.78, 5) is 9.48. The SMILES string of the molecule is COc1ncc2nc(C)n(Cc3c(F)cc(SC)cc3F)c2c1-c1ccccc1. The van der Waals surface area contributed by atoms with Gasteiger partial charge in [0, 0.05) is 10.5 Å². The first-order chi connectivity index (χ1) is 14.0. The molecule has 4 nitrogen and oxygen atoms in total. The molecule has 0 saturated heterocycles. The molecule has 0 spiro atoms. The van der Waals surface area contributed by atoms with Crippen molar-refractivity contribution in [3.63, 3.8) is 0 Å². The van der Waals surface area contributed by atoms with Gasteiger partial charge in [-0.05, 0) is 30.9 Å². The lowest BCUT2D eigenvalue weighted by molar-refractivity contribution is 0.400. The van der Waals surface area contributed by atoms with E-state index in [0.29, 0.717) is 22.1 Å². The first-order valence-electron chi connectivity index (χ1n) is 9.00. The van der Waals surface area contributed by atoms with Gasteiger partial charge in [-0.25, -0.2) is 18.7 Å². The largest absolute Gasteiger partial charge is 0.480 e. The van der Waals surface area contributed by atoms with Crippen molar-refractivity contribution < 1.29 is 13.5 Å². The number of imidazole rings is 1. The zero-order valence-corrected chi connectivity index (χ0v) is 17.1. The number of ether oxygens (including phenoxy) is 1. The summed E-state index contributed by atoms with van der Waals surface area (Å²) in [5, 5.41) is 0. The summed E-state index contributed by atoms with van der Waals surface area (Å²) in [6.45, 7) is 1.83. The second-order valence-electron chi connectivity index (χ2n) is 6.56. The van der Waals surface area contributed by atoms with Gasteiger partial charge in [-0.15, -0.1) is 11.8 Å². The number of thioether (sulfide) groups is 1. The van der Waals surface area contributed by atoms with E-state index >= 15 is 0 Å². The fourth-order valence-electron chi connectivity index (χ4n) is 3.45. The molecule has 0 aliphatic rings. The van der Waals surface area contributed by atoms with Gasteiger partial charge < -0.3 is 9.30 Å². The topological polar surface area (TPSA) is 39.9 Å². The van der Waals surface area contributed by atoms with Crippen LogP contribution in [0.15, 0.2) is 53.6 Å². The van der Waals surface area contributed by atoms with Crippen LogP contribution in [0.5, 0.6) is 5.88 Å². The Morgan fingerprint density at radius 1 is 1.10 bits per heavy atom. The second-order valence-corrected chi connectivity index (χ2v) is 7.44. The maximum Gasteiger partial charge on any atom is 0.223 e. The number of hydrogen-bond donors (Lipinski definition) is 0. The fourth-order valence-corrected chi connectivity index (χ4v) is 3.89. The van der Waals surface area contributed by atoms with Gasteiger partial charge in [0.1, 0.15) is 23.0 Å². The Bertz CT molecular complexity index is 1170. The summed E-state index contributed by atoms with van der Waals surface area (Å²) >= 11 is 1.30. The van der Waals surface area contributed by atoms with Crippen LogP contribution < -0.4 is 4.74 Å². The van der Waals surface area contributed by atoms with Crippen LogP contribution in [0.2, 0.25) is 0 Å². The molecule has 29 heavy (non-hydrogen) atoms. The van der Waals surface area contributed by atoms with Crippen LogP contribution in [0.1, 0.15) is 11.4 Å². The Morgan fingerprint density at radius 2 is 1.79 bits per heavy atom. The summed E-state index contributed by atoms with van der Waals surface area (Å²) in [6.07, 6.45) is 3.40. The molecule has 4 rings (SSSR count). The van der Waals surface area contributed by atoms with E-state index in [2.05, 4.69) is 9.97 Å². The van der Waals surface area contributed by atoms with E-state index in [1.807, 2.05) is 41.8 Å². The monoisotopic (exact) mass is 411 g/mol. The average Bonchev–Trinajstić information content (AvgIpc) is 3.05. The minimum atomic E-state index is -0.571. The lowest BCUT2D eigenvalue weighted by Crippen LogP contribution is -2.08. The van der Waals surface area contributed by atoms with Crippen molar-refractivity contribution in [3.8, 4) is 17.0 Å². The van der Waals surface area contributed by atoms with Gasteiger partial charge in [0.25, 0.3) is 0 Å². The van der Waals surface area contributed by atoms with Crippen molar-refractivity contribution in [1.82, 2.24) is 14.5 Å². The van der Waals surface area contributed by atoms with Gasteiger partial charge in [0.15, 0.2) is 0 Å². The molecule has 0 unspecified atom stereocenters. The summed E-state index contributed by atoms with van der Waals surface area (Å²) in [5.74, 6) is -0.0701. The van der Waals surface area contributed by atoms with Gasteiger partial charge in [-0.3, -0.25) is 0 Å². The number of pyridine rings is 1. The lowest BCUT2D eigenvalue weighted by Gasteiger charge is -2.14. The van der Waals surface area contributed by atoms with Crippen LogP contribution >= 0.6 is 11.8 Å². The van der Waals surface area contributed by atoms with Crippen LogP contribution in [0, 0.1) is 18.6 Å². The number of methoxy groups -OCH3 is 1. The highest BCUT2D eigenvalue weighted by Gasteiger charge is 2.21. The molecule has 0 atom stereocenters. The quantitative estimate of drug-likeness (QED) is 0.409. The first-order valence-corrected chi connectivity index (χ1v) is 10.2. The van der Waals surface area contributed by atoms with E-state index < -0.39 is 11.6 Å². The highest BCUT2D eigenvalue weighted by molar-refractivity contribution is 7.98. The van der Waals surface area contributed by atoms with Gasteiger partial charge in [-0.1, -0.05) is 30.3 Å². The molecule has 0 aliphatic heterocycles. The Hall–Kier alpha value is -2.93. The molecule has 0 bridgehead atoms. The first kappa shape index (κ1) is 19.4. The number of aromatic nitrogens is 3. The molecule has 2 aromatic heterocycles. The van der Waals surface area contributed by atoms with Crippen LogP contribution in [-0.2, 0) is 6.54 Å². The number of benzene rings is 2. The summed E-state index contributed by atoms with van der Waals surface area (Å²) in [5.41, 5.74) is 3.01. The normalized spacial score (nSPS) is 11.2. The average molecular weight is 411 g/mol. The van der Waals surface area contributed by atoms with Crippen molar-refractivity contribution in [1.29, 1.82) is 0 Å². The number of rotatable bonds is 5. The zero-order chi connectivity index (χ0) is 20.5. The van der Waals surface area contributed by atoms with Gasteiger partial charge in [0.05, 0.1) is 30.9 Å². The Labute approximate surface area is 171 Å². The molecule has 2 heterocycles. The van der Waals surface area contributed by atoms with E-state index in [1.54, 1.807) is 19.6 Å². The molecule has 7 heteroatoms. The summed E-state index contributed by atoms with van der Waals surface area (Å²) in [7, 11) is 1.55. The molecule has 0 saturated carbocycles. The summed E-state index contributed by atoms with van der Waals surface area (Å²) in [6, 6.07) is 12.4. The minimum absolute atomic E-state index is 0.00000856. The molecule has 4 aromatic rings. The van der Waals surface area contributed by atoms with E-state index in [4.69, 9.17) is 4.74 Å². The molecular weight excluding hydrogens is 392 g/mol. The van der Waals surface area contributed by atoms with E-state index in [9.17, 15) is 8.78 Å². The van der Waals surface area contributed by atoms with Crippen molar-refractivity contribution in [3.05, 3.63) is 71.7 Å². The van der Waals surface area contributed by atoms with Crippen molar-refractivity contribution in [2.24, 2.45) is 0 Å². The number of nitrogens with zero attached hydrogens (tertiary/aromatic N) is 3. The molecule has 2 aromatic carbocycles. The van der Waals surface area contributed by atoms with Crippen molar-refractivity contribution >= 4 is 22.8 Å². The number of halogens is 2. The molecule has 0 radical (unpaired) electrons. The van der Waals surface area contributed by atoms with Crippen LogP contribution in [0.25, 0.3) is 22.2 Å². The van der Waals surface area contributed by atoms with Gasteiger partial charge in [-0.2, -0.15) is 0 Å². The molecule has 0 N–H and O–H groups in total. The smallest absolute Gasteiger partial charge is 0.223 e. The van der Waals surface area contributed by atoms with E-state index in [0.717, 1.165) is 16.6 Å². The molecule has 0 amide bonds. The van der Waals surface area contributed by atoms with Crippen LogP contribution in [-0.4, -0.2) is 27.9 Å². The molecule has 148 valence electrons. The lowest BCUT2D eigenvalue weighted by atomic mass is 10.1. The van der Waals surface area contributed by atoms with Crippen molar-refractivity contribution in [2.45, 2.75) is 18.4 Å². The van der Waals surface area contributed by atoms with Crippen molar-refractivity contribution in [2.75, 3.05) is 13.4 Å². The highest BCUT2D eigenvalue weighted by atomic mass is 32.2. The Kier molecular flexibility index (Phi) is 5.24. The van der Waals surface area contributed by atoms with Gasteiger partial charge in [0.2, 0.25) is 5.88 Å². The number of hydrogen-bond acceptors (Lipinski definition) is 4. The third-order valence-electron chi connectivity index (χ3n) is 4.86. The second kappa shape index (κ2) is 7.83. The maximum absolute atomic E-state index is 14.7.